The van der Waals surface area contributed by atoms with Crippen molar-refractivity contribution in [2.75, 3.05) is 20.3 Å². The molecule has 0 aliphatic carbocycles. The minimum Gasteiger partial charge on any atom is -0.385 e. The van der Waals surface area contributed by atoms with Crippen molar-refractivity contribution in [2.24, 2.45) is 0 Å². The van der Waals surface area contributed by atoms with Crippen LogP contribution in [-0.2, 0) is 11.3 Å². The number of hydrogen-bond acceptors (Lipinski definition) is 3. The maximum atomic E-state index is 4.98. The van der Waals surface area contributed by atoms with E-state index in [0.29, 0.717) is 6.04 Å². The maximum Gasteiger partial charge on any atom is 0.0951 e. The fraction of sp³-hybridized carbons (Fsp3) is 0.727. The summed E-state index contributed by atoms with van der Waals surface area (Å²) in [5.74, 6) is 0. The van der Waals surface area contributed by atoms with Crippen LogP contribution in [0.1, 0.15) is 32.0 Å². The van der Waals surface area contributed by atoms with Crippen molar-refractivity contribution in [3.8, 4) is 0 Å². The number of methoxy groups -OCH3 is 1. The second kappa shape index (κ2) is 6.58. The van der Waals surface area contributed by atoms with E-state index >= 15 is 0 Å². The van der Waals surface area contributed by atoms with E-state index in [1.165, 1.54) is 5.69 Å². The van der Waals surface area contributed by atoms with Gasteiger partial charge in [-0.2, -0.15) is 0 Å². The van der Waals surface area contributed by atoms with Crippen LogP contribution in [0.15, 0.2) is 12.5 Å². The van der Waals surface area contributed by atoms with Gasteiger partial charge in [-0.1, -0.05) is 0 Å². The molecule has 4 nitrogen and oxygen atoms in total. The van der Waals surface area contributed by atoms with Gasteiger partial charge in [0.25, 0.3) is 0 Å². The Morgan fingerprint density at radius 3 is 3.00 bits per heavy atom. The first-order valence-corrected chi connectivity index (χ1v) is 5.46. The van der Waals surface area contributed by atoms with Gasteiger partial charge in [-0.25, -0.2) is 4.98 Å². The molecule has 86 valence electrons. The topological polar surface area (TPSA) is 39.1 Å². The molecule has 1 heterocycles. The molecule has 1 aromatic heterocycles. The largest absolute Gasteiger partial charge is 0.385 e. The van der Waals surface area contributed by atoms with E-state index < -0.39 is 0 Å². The number of imidazole rings is 1. The molecule has 0 radical (unpaired) electrons. The highest BCUT2D eigenvalue weighted by Gasteiger charge is 2.03. The molecule has 0 amide bonds. The Morgan fingerprint density at radius 2 is 2.33 bits per heavy atom. The van der Waals surface area contributed by atoms with Crippen molar-refractivity contribution in [1.82, 2.24) is 14.9 Å². The molecule has 1 N–H and O–H groups in total. The van der Waals surface area contributed by atoms with E-state index in [-0.39, 0.29) is 0 Å². The summed E-state index contributed by atoms with van der Waals surface area (Å²) in [7, 11) is 1.73. The van der Waals surface area contributed by atoms with Gasteiger partial charge in [-0.3, -0.25) is 0 Å². The molecule has 0 bridgehead atoms. The lowest BCUT2D eigenvalue weighted by Crippen LogP contribution is -2.18. The molecule has 0 aliphatic rings. The summed E-state index contributed by atoms with van der Waals surface area (Å²) in [6.07, 6.45) is 4.85. The average molecular weight is 211 g/mol. The highest BCUT2D eigenvalue weighted by molar-refractivity contribution is 4.99. The van der Waals surface area contributed by atoms with Crippen LogP contribution >= 0.6 is 0 Å². The molecular formula is C11H21N3O. The number of hydrogen-bond donors (Lipinski definition) is 1. The van der Waals surface area contributed by atoms with E-state index in [2.05, 4.69) is 28.7 Å². The van der Waals surface area contributed by atoms with E-state index in [0.717, 1.165) is 26.1 Å². The second-order valence-electron chi connectivity index (χ2n) is 3.91. The summed E-state index contributed by atoms with van der Waals surface area (Å²) in [4.78, 5) is 4.16. The van der Waals surface area contributed by atoms with Crippen LogP contribution in [0.5, 0.6) is 0 Å². The van der Waals surface area contributed by atoms with Crippen molar-refractivity contribution in [3.63, 3.8) is 0 Å². The van der Waals surface area contributed by atoms with Crippen molar-refractivity contribution >= 4 is 0 Å². The van der Waals surface area contributed by atoms with Gasteiger partial charge in [-0.15, -0.1) is 0 Å². The minimum atomic E-state index is 0.475. The predicted molar refractivity (Wildman–Crippen MR) is 60.8 cm³/mol. The van der Waals surface area contributed by atoms with E-state index in [9.17, 15) is 0 Å². The van der Waals surface area contributed by atoms with Crippen molar-refractivity contribution in [1.29, 1.82) is 0 Å². The van der Waals surface area contributed by atoms with Gasteiger partial charge < -0.3 is 14.6 Å². The average Bonchev–Trinajstić information content (AvgIpc) is 2.66. The Hall–Kier alpha value is -0.870. The Labute approximate surface area is 91.7 Å². The number of nitrogens with one attached hydrogen (secondary N) is 1. The highest BCUT2D eigenvalue weighted by Crippen LogP contribution is 2.08. The molecule has 4 heteroatoms. The quantitative estimate of drug-likeness (QED) is 0.696. The van der Waals surface area contributed by atoms with Crippen molar-refractivity contribution < 1.29 is 4.74 Å². The Morgan fingerprint density at radius 1 is 1.53 bits per heavy atom. The number of aromatic nitrogens is 2. The molecule has 0 unspecified atom stereocenters. The van der Waals surface area contributed by atoms with E-state index in [1.807, 2.05) is 12.5 Å². The first kappa shape index (κ1) is 12.2. The van der Waals surface area contributed by atoms with Gasteiger partial charge in [0.2, 0.25) is 0 Å². The van der Waals surface area contributed by atoms with E-state index in [1.54, 1.807) is 7.11 Å². The fourth-order valence-electron chi connectivity index (χ4n) is 1.49. The van der Waals surface area contributed by atoms with Crippen LogP contribution < -0.4 is 5.32 Å². The van der Waals surface area contributed by atoms with Gasteiger partial charge in [0.15, 0.2) is 0 Å². The number of ether oxygens (including phenoxy) is 1. The number of rotatable bonds is 7. The Bertz CT molecular complexity index is 271. The zero-order valence-corrected chi connectivity index (χ0v) is 9.86. The van der Waals surface area contributed by atoms with Gasteiger partial charge in [0, 0.05) is 32.5 Å². The summed E-state index contributed by atoms with van der Waals surface area (Å²) >= 11 is 0. The fourth-order valence-corrected chi connectivity index (χ4v) is 1.49. The third-order valence-electron chi connectivity index (χ3n) is 2.31. The molecule has 1 rings (SSSR count). The molecule has 0 aliphatic heterocycles. The van der Waals surface area contributed by atoms with Gasteiger partial charge >= 0.3 is 0 Å². The highest BCUT2D eigenvalue weighted by atomic mass is 16.5. The lowest BCUT2D eigenvalue weighted by molar-refractivity contribution is 0.194. The lowest BCUT2D eigenvalue weighted by Gasteiger charge is -2.12. The van der Waals surface area contributed by atoms with Crippen LogP contribution in [0.2, 0.25) is 0 Å². The molecule has 0 aromatic carbocycles. The molecule has 1 aromatic rings. The van der Waals surface area contributed by atoms with Crippen LogP contribution in [0, 0.1) is 0 Å². The molecular weight excluding hydrogens is 190 g/mol. The number of nitrogens with zero attached hydrogens (tertiary/aromatic N) is 2. The van der Waals surface area contributed by atoms with Crippen LogP contribution in [0.25, 0.3) is 0 Å². The zero-order chi connectivity index (χ0) is 11.1. The SMILES string of the molecule is COCCCNCc1cncn1C(C)C. The third kappa shape index (κ3) is 4.01. The van der Waals surface area contributed by atoms with Gasteiger partial charge in [0.1, 0.15) is 0 Å². The molecule has 0 spiro atoms. The summed E-state index contributed by atoms with van der Waals surface area (Å²) in [5.41, 5.74) is 1.24. The standard InChI is InChI=1S/C11H21N3O/c1-10(2)14-9-13-8-11(14)7-12-5-4-6-15-3/h8-10,12H,4-7H2,1-3H3. The summed E-state index contributed by atoms with van der Waals surface area (Å²) in [6, 6.07) is 0.475. The summed E-state index contributed by atoms with van der Waals surface area (Å²) < 4.78 is 7.17. The lowest BCUT2D eigenvalue weighted by atomic mass is 10.3. The summed E-state index contributed by atoms with van der Waals surface area (Å²) in [5, 5.41) is 3.38. The van der Waals surface area contributed by atoms with Crippen molar-refractivity contribution in [3.05, 3.63) is 18.2 Å². The maximum absolute atomic E-state index is 4.98. The van der Waals surface area contributed by atoms with Gasteiger partial charge in [0.05, 0.1) is 12.0 Å². The molecule has 0 atom stereocenters. The first-order chi connectivity index (χ1) is 7.25. The first-order valence-electron chi connectivity index (χ1n) is 5.46. The normalized spacial score (nSPS) is 11.2. The Balaban J connectivity index is 2.28. The monoisotopic (exact) mass is 211 g/mol. The third-order valence-corrected chi connectivity index (χ3v) is 2.31. The molecule has 0 fully saturated rings. The van der Waals surface area contributed by atoms with E-state index in [4.69, 9.17) is 4.74 Å². The predicted octanol–water partition coefficient (Wildman–Crippen LogP) is 1.59. The van der Waals surface area contributed by atoms with Gasteiger partial charge in [-0.05, 0) is 26.8 Å². The van der Waals surface area contributed by atoms with Crippen LogP contribution in [0.3, 0.4) is 0 Å². The second-order valence-corrected chi connectivity index (χ2v) is 3.91. The summed E-state index contributed by atoms with van der Waals surface area (Å²) in [6.45, 7) is 7.00. The van der Waals surface area contributed by atoms with Crippen molar-refractivity contribution in [2.45, 2.75) is 32.9 Å². The molecule has 0 saturated heterocycles. The molecule has 0 saturated carbocycles. The minimum absolute atomic E-state index is 0.475. The smallest absolute Gasteiger partial charge is 0.0951 e. The Kier molecular flexibility index (Phi) is 5.36. The zero-order valence-electron chi connectivity index (χ0n) is 9.86. The van der Waals surface area contributed by atoms with Crippen LogP contribution in [-0.4, -0.2) is 29.8 Å². The molecule has 15 heavy (non-hydrogen) atoms. The van der Waals surface area contributed by atoms with Crippen LogP contribution in [0.4, 0.5) is 0 Å².